The first-order valence-electron chi connectivity index (χ1n) is 5.46. The largest absolute Gasteiger partial charge is 0.484 e. The summed E-state index contributed by atoms with van der Waals surface area (Å²) < 4.78 is 6.38. The molecule has 0 saturated carbocycles. The molecule has 17 heavy (non-hydrogen) atoms. The van der Waals surface area contributed by atoms with Gasteiger partial charge in [0.15, 0.2) is 5.75 Å². The molecular formula is C12H13BrN2OS. The third kappa shape index (κ3) is 3.51. The van der Waals surface area contributed by atoms with E-state index in [-0.39, 0.29) is 0 Å². The van der Waals surface area contributed by atoms with Crippen molar-refractivity contribution in [2.75, 3.05) is 0 Å². The number of aromatic nitrogens is 2. The lowest BCUT2D eigenvalue weighted by Gasteiger charge is -2.04. The van der Waals surface area contributed by atoms with Crippen LogP contribution in [0.5, 0.6) is 5.75 Å². The first-order valence-corrected chi connectivity index (χ1v) is 7.13. The number of hydrogen-bond donors (Lipinski definition) is 0. The Hall–Kier alpha value is -0.940. The van der Waals surface area contributed by atoms with Crippen molar-refractivity contribution in [1.82, 2.24) is 9.97 Å². The molecule has 90 valence electrons. The monoisotopic (exact) mass is 312 g/mol. The van der Waals surface area contributed by atoms with Crippen LogP contribution in [0.4, 0.5) is 0 Å². The lowest BCUT2D eigenvalue weighted by Crippen LogP contribution is -1.97. The predicted octanol–water partition coefficient (Wildman–Crippen LogP) is 3.83. The highest BCUT2D eigenvalue weighted by atomic mass is 79.9. The molecule has 2 aromatic heterocycles. The first kappa shape index (κ1) is 12.5. The molecule has 5 heteroatoms. The van der Waals surface area contributed by atoms with Gasteiger partial charge in [-0.15, -0.1) is 11.3 Å². The SMILES string of the molecule is CCCc1nc(COc2cccnc2Br)cs1. The number of nitrogens with zero attached hydrogens (tertiary/aromatic N) is 2. The van der Waals surface area contributed by atoms with E-state index in [1.165, 1.54) is 5.01 Å². The Kier molecular flexibility index (Phi) is 4.50. The summed E-state index contributed by atoms with van der Waals surface area (Å²) in [6.45, 7) is 2.65. The molecule has 0 N–H and O–H groups in total. The molecule has 0 fully saturated rings. The minimum Gasteiger partial charge on any atom is -0.484 e. The van der Waals surface area contributed by atoms with Gasteiger partial charge in [0.25, 0.3) is 0 Å². The Labute approximate surface area is 113 Å². The van der Waals surface area contributed by atoms with Crippen LogP contribution in [0, 0.1) is 0 Å². The number of halogens is 1. The highest BCUT2D eigenvalue weighted by Crippen LogP contribution is 2.22. The van der Waals surface area contributed by atoms with E-state index in [0.29, 0.717) is 6.61 Å². The van der Waals surface area contributed by atoms with E-state index in [9.17, 15) is 0 Å². The van der Waals surface area contributed by atoms with Crippen LogP contribution in [0.1, 0.15) is 24.0 Å². The van der Waals surface area contributed by atoms with Gasteiger partial charge < -0.3 is 4.74 Å². The maximum Gasteiger partial charge on any atom is 0.152 e. The Morgan fingerprint density at radius 3 is 3.12 bits per heavy atom. The molecule has 0 aromatic carbocycles. The second-order valence-electron chi connectivity index (χ2n) is 3.56. The predicted molar refractivity (Wildman–Crippen MR) is 72.4 cm³/mol. The second-order valence-corrected chi connectivity index (χ2v) is 5.26. The molecule has 2 heterocycles. The van der Waals surface area contributed by atoms with Gasteiger partial charge in [-0.05, 0) is 40.9 Å². The lowest BCUT2D eigenvalue weighted by atomic mass is 10.3. The number of thiazole rings is 1. The zero-order chi connectivity index (χ0) is 12.1. The topological polar surface area (TPSA) is 35.0 Å². The molecule has 0 bridgehead atoms. The van der Waals surface area contributed by atoms with Crippen molar-refractivity contribution in [2.24, 2.45) is 0 Å². The minimum absolute atomic E-state index is 0.491. The summed E-state index contributed by atoms with van der Waals surface area (Å²) in [5, 5.41) is 3.23. The average Bonchev–Trinajstić information content (AvgIpc) is 2.76. The molecule has 2 rings (SSSR count). The molecule has 0 aliphatic heterocycles. The van der Waals surface area contributed by atoms with Crippen LogP contribution in [0.25, 0.3) is 0 Å². The minimum atomic E-state index is 0.491. The summed E-state index contributed by atoms with van der Waals surface area (Å²) in [5.41, 5.74) is 0.981. The first-order chi connectivity index (χ1) is 8.29. The fourth-order valence-electron chi connectivity index (χ4n) is 1.37. The fraction of sp³-hybridized carbons (Fsp3) is 0.333. The second kappa shape index (κ2) is 6.12. The van der Waals surface area contributed by atoms with Crippen LogP contribution in [0.15, 0.2) is 28.3 Å². The number of hydrogen-bond acceptors (Lipinski definition) is 4. The van der Waals surface area contributed by atoms with Gasteiger partial charge in [0.2, 0.25) is 0 Å². The van der Waals surface area contributed by atoms with Crippen LogP contribution in [-0.2, 0) is 13.0 Å². The molecule has 0 atom stereocenters. The Balaban J connectivity index is 1.95. The number of aryl methyl sites for hydroxylation is 1. The van der Waals surface area contributed by atoms with Crippen molar-refractivity contribution >= 4 is 27.3 Å². The van der Waals surface area contributed by atoms with Crippen molar-refractivity contribution in [2.45, 2.75) is 26.4 Å². The third-order valence-corrected chi connectivity index (χ3v) is 3.72. The lowest BCUT2D eigenvalue weighted by molar-refractivity contribution is 0.298. The number of pyridine rings is 1. The van der Waals surface area contributed by atoms with Gasteiger partial charge in [0.05, 0.1) is 10.7 Å². The molecule has 3 nitrogen and oxygen atoms in total. The van der Waals surface area contributed by atoms with Crippen molar-refractivity contribution in [1.29, 1.82) is 0 Å². The normalized spacial score (nSPS) is 10.5. The Morgan fingerprint density at radius 2 is 2.35 bits per heavy atom. The van der Waals surface area contributed by atoms with E-state index in [0.717, 1.165) is 28.9 Å². The van der Waals surface area contributed by atoms with Gasteiger partial charge in [-0.1, -0.05) is 6.92 Å². The van der Waals surface area contributed by atoms with Gasteiger partial charge in [-0.25, -0.2) is 9.97 Å². The van der Waals surface area contributed by atoms with E-state index < -0.39 is 0 Å². The van der Waals surface area contributed by atoms with Crippen molar-refractivity contribution in [3.05, 3.63) is 39.0 Å². The van der Waals surface area contributed by atoms with Gasteiger partial charge >= 0.3 is 0 Å². The number of rotatable bonds is 5. The maximum absolute atomic E-state index is 5.65. The fourth-order valence-corrected chi connectivity index (χ4v) is 2.62. The van der Waals surface area contributed by atoms with Crippen molar-refractivity contribution in [3.8, 4) is 5.75 Å². The molecule has 0 aliphatic rings. The molecule has 0 unspecified atom stereocenters. The van der Waals surface area contributed by atoms with Gasteiger partial charge in [-0.3, -0.25) is 0 Å². The van der Waals surface area contributed by atoms with E-state index in [1.54, 1.807) is 17.5 Å². The van der Waals surface area contributed by atoms with Crippen LogP contribution in [0.2, 0.25) is 0 Å². The van der Waals surface area contributed by atoms with Crippen molar-refractivity contribution in [3.63, 3.8) is 0 Å². The standard InChI is InChI=1S/C12H13BrN2OS/c1-2-4-11-15-9(8-17-11)7-16-10-5-3-6-14-12(10)13/h3,5-6,8H,2,4,7H2,1H3. The van der Waals surface area contributed by atoms with Crippen LogP contribution in [-0.4, -0.2) is 9.97 Å². The third-order valence-electron chi connectivity index (χ3n) is 2.16. The van der Waals surface area contributed by atoms with Crippen LogP contribution < -0.4 is 4.74 Å². The highest BCUT2D eigenvalue weighted by Gasteiger charge is 2.04. The zero-order valence-electron chi connectivity index (χ0n) is 9.52. The molecule has 2 aromatic rings. The quantitative estimate of drug-likeness (QED) is 0.787. The van der Waals surface area contributed by atoms with E-state index in [2.05, 4.69) is 38.2 Å². The Bertz CT molecular complexity index is 487. The molecule has 0 spiro atoms. The van der Waals surface area contributed by atoms with E-state index in [4.69, 9.17) is 4.74 Å². The maximum atomic E-state index is 5.65. The molecule has 0 aliphatic carbocycles. The zero-order valence-corrected chi connectivity index (χ0v) is 11.9. The van der Waals surface area contributed by atoms with Crippen LogP contribution >= 0.6 is 27.3 Å². The molecule has 0 amide bonds. The smallest absolute Gasteiger partial charge is 0.152 e. The average molecular weight is 313 g/mol. The van der Waals surface area contributed by atoms with E-state index in [1.807, 2.05) is 12.1 Å². The summed E-state index contributed by atoms with van der Waals surface area (Å²) in [7, 11) is 0. The molecule has 0 radical (unpaired) electrons. The summed E-state index contributed by atoms with van der Waals surface area (Å²) >= 11 is 5.04. The highest BCUT2D eigenvalue weighted by molar-refractivity contribution is 9.10. The van der Waals surface area contributed by atoms with Crippen LogP contribution in [0.3, 0.4) is 0 Å². The van der Waals surface area contributed by atoms with Gasteiger partial charge in [-0.2, -0.15) is 0 Å². The van der Waals surface area contributed by atoms with E-state index >= 15 is 0 Å². The summed E-state index contributed by atoms with van der Waals surface area (Å²) in [6, 6.07) is 3.74. The molecule has 0 saturated heterocycles. The molecular weight excluding hydrogens is 300 g/mol. The summed E-state index contributed by atoms with van der Waals surface area (Å²) in [6.07, 6.45) is 3.89. The van der Waals surface area contributed by atoms with Gasteiger partial charge in [0, 0.05) is 11.6 Å². The van der Waals surface area contributed by atoms with Crippen molar-refractivity contribution < 1.29 is 4.74 Å². The number of ether oxygens (including phenoxy) is 1. The summed E-state index contributed by atoms with van der Waals surface area (Å²) in [4.78, 5) is 8.60. The Morgan fingerprint density at radius 1 is 1.47 bits per heavy atom. The van der Waals surface area contributed by atoms with Gasteiger partial charge in [0.1, 0.15) is 11.2 Å². The summed E-state index contributed by atoms with van der Waals surface area (Å²) in [5.74, 6) is 0.748.